The maximum atomic E-state index is 12.1. The monoisotopic (exact) mass is 337 g/mol. The molecular weight excluding hydrogens is 321 g/mol. The summed E-state index contributed by atoms with van der Waals surface area (Å²) >= 11 is 11.8. The lowest BCUT2D eigenvalue weighted by Gasteiger charge is -2.15. The van der Waals surface area contributed by atoms with Crippen LogP contribution < -0.4 is 10.1 Å². The van der Waals surface area contributed by atoms with Gasteiger partial charge in [0.25, 0.3) is 5.91 Å². The number of amides is 1. The zero-order valence-corrected chi connectivity index (χ0v) is 13.9. The lowest BCUT2D eigenvalue weighted by Crippen LogP contribution is -2.36. The van der Waals surface area contributed by atoms with Crippen molar-refractivity contribution in [3.8, 4) is 5.75 Å². The molecular formula is C17H17Cl2NO2. The summed E-state index contributed by atoms with van der Waals surface area (Å²) in [6.45, 7) is 4.17. The summed E-state index contributed by atoms with van der Waals surface area (Å²) in [7, 11) is 0. The molecule has 0 saturated carbocycles. The molecule has 0 heterocycles. The fourth-order valence-electron chi connectivity index (χ4n) is 1.94. The van der Waals surface area contributed by atoms with E-state index in [4.69, 9.17) is 27.9 Å². The van der Waals surface area contributed by atoms with E-state index in [0.717, 1.165) is 11.1 Å². The lowest BCUT2D eigenvalue weighted by molar-refractivity contribution is -0.127. The van der Waals surface area contributed by atoms with E-state index < -0.39 is 6.10 Å². The second kappa shape index (κ2) is 7.52. The Morgan fingerprint density at radius 2 is 1.91 bits per heavy atom. The van der Waals surface area contributed by atoms with Crippen LogP contribution in [0.25, 0.3) is 0 Å². The first kappa shape index (κ1) is 16.7. The van der Waals surface area contributed by atoms with Gasteiger partial charge in [-0.05, 0) is 37.1 Å². The number of rotatable bonds is 5. The number of halogens is 2. The van der Waals surface area contributed by atoms with Gasteiger partial charge in [-0.15, -0.1) is 0 Å². The number of ether oxygens (including phenoxy) is 1. The van der Waals surface area contributed by atoms with Gasteiger partial charge in [-0.3, -0.25) is 4.79 Å². The van der Waals surface area contributed by atoms with Crippen molar-refractivity contribution in [2.45, 2.75) is 26.5 Å². The number of carbonyl (C=O) groups excluding carboxylic acids is 1. The van der Waals surface area contributed by atoms with Crippen LogP contribution in [0.5, 0.6) is 5.75 Å². The molecule has 0 saturated heterocycles. The van der Waals surface area contributed by atoms with Crippen molar-refractivity contribution >= 4 is 29.1 Å². The Balaban J connectivity index is 1.92. The van der Waals surface area contributed by atoms with E-state index in [-0.39, 0.29) is 5.91 Å². The standard InChI is InChI=1S/C17H17Cl2NO2/c1-11-5-3-4-6-13(11)10-20-17(21)12(2)22-14-7-8-15(18)16(19)9-14/h3-9,12H,10H2,1-2H3,(H,20,21). The van der Waals surface area contributed by atoms with Gasteiger partial charge in [-0.25, -0.2) is 0 Å². The predicted molar refractivity (Wildman–Crippen MR) is 89.6 cm³/mol. The summed E-state index contributed by atoms with van der Waals surface area (Å²) in [6, 6.07) is 12.8. The first-order valence-electron chi connectivity index (χ1n) is 6.91. The smallest absolute Gasteiger partial charge is 0.261 e. The summed E-state index contributed by atoms with van der Waals surface area (Å²) in [5.41, 5.74) is 2.22. The van der Waals surface area contributed by atoms with Crippen LogP contribution in [0.2, 0.25) is 10.0 Å². The van der Waals surface area contributed by atoms with E-state index in [1.54, 1.807) is 25.1 Å². The van der Waals surface area contributed by atoms with Crippen molar-refractivity contribution in [3.63, 3.8) is 0 Å². The Hall–Kier alpha value is -1.71. The van der Waals surface area contributed by atoms with E-state index in [9.17, 15) is 4.79 Å². The third kappa shape index (κ3) is 4.39. The van der Waals surface area contributed by atoms with Crippen molar-refractivity contribution in [3.05, 3.63) is 63.6 Å². The first-order valence-corrected chi connectivity index (χ1v) is 7.67. The average molecular weight is 338 g/mol. The van der Waals surface area contributed by atoms with Gasteiger partial charge in [0.2, 0.25) is 0 Å². The van der Waals surface area contributed by atoms with E-state index in [0.29, 0.717) is 22.3 Å². The largest absolute Gasteiger partial charge is 0.481 e. The van der Waals surface area contributed by atoms with Crippen LogP contribution in [0.1, 0.15) is 18.1 Å². The van der Waals surface area contributed by atoms with Crippen LogP contribution in [0.4, 0.5) is 0 Å². The molecule has 1 N–H and O–H groups in total. The molecule has 1 amide bonds. The van der Waals surface area contributed by atoms with Gasteiger partial charge in [0.1, 0.15) is 5.75 Å². The molecule has 0 spiro atoms. The Bertz CT molecular complexity index is 673. The van der Waals surface area contributed by atoms with E-state index in [2.05, 4.69) is 5.32 Å². The molecule has 0 aliphatic rings. The molecule has 3 nitrogen and oxygen atoms in total. The predicted octanol–water partition coefficient (Wildman–Crippen LogP) is 4.39. The molecule has 1 unspecified atom stereocenters. The summed E-state index contributed by atoms with van der Waals surface area (Å²) in [5.74, 6) is 0.322. The minimum atomic E-state index is -0.624. The Morgan fingerprint density at radius 1 is 1.18 bits per heavy atom. The molecule has 2 aromatic carbocycles. The maximum absolute atomic E-state index is 12.1. The summed E-state index contributed by atoms with van der Waals surface area (Å²) < 4.78 is 5.58. The number of hydrogen-bond acceptors (Lipinski definition) is 2. The first-order chi connectivity index (χ1) is 10.5. The molecule has 2 rings (SSSR count). The van der Waals surface area contributed by atoms with Crippen LogP contribution in [0.15, 0.2) is 42.5 Å². The highest BCUT2D eigenvalue weighted by molar-refractivity contribution is 6.42. The molecule has 0 bridgehead atoms. The fraction of sp³-hybridized carbons (Fsp3) is 0.235. The number of benzene rings is 2. The summed E-state index contributed by atoms with van der Waals surface area (Å²) in [4.78, 5) is 12.1. The molecule has 0 aromatic heterocycles. The summed E-state index contributed by atoms with van der Waals surface area (Å²) in [5, 5.41) is 3.71. The van der Waals surface area contributed by atoms with E-state index in [1.807, 2.05) is 31.2 Å². The Kier molecular flexibility index (Phi) is 5.69. The van der Waals surface area contributed by atoms with Gasteiger partial charge >= 0.3 is 0 Å². The van der Waals surface area contributed by atoms with Crippen LogP contribution >= 0.6 is 23.2 Å². The minimum absolute atomic E-state index is 0.186. The van der Waals surface area contributed by atoms with Crippen molar-refractivity contribution < 1.29 is 9.53 Å². The maximum Gasteiger partial charge on any atom is 0.261 e. The van der Waals surface area contributed by atoms with Crippen LogP contribution in [0, 0.1) is 6.92 Å². The van der Waals surface area contributed by atoms with E-state index >= 15 is 0 Å². The molecule has 0 aliphatic heterocycles. The second-order valence-corrected chi connectivity index (χ2v) is 5.79. The zero-order chi connectivity index (χ0) is 16.1. The molecule has 2 aromatic rings. The molecule has 22 heavy (non-hydrogen) atoms. The highest BCUT2D eigenvalue weighted by atomic mass is 35.5. The van der Waals surface area contributed by atoms with Crippen molar-refractivity contribution in [2.75, 3.05) is 0 Å². The van der Waals surface area contributed by atoms with Crippen LogP contribution in [0.3, 0.4) is 0 Å². The van der Waals surface area contributed by atoms with Gasteiger partial charge < -0.3 is 10.1 Å². The van der Waals surface area contributed by atoms with Crippen LogP contribution in [-0.2, 0) is 11.3 Å². The molecule has 1 atom stereocenters. The highest BCUT2D eigenvalue weighted by Crippen LogP contribution is 2.26. The zero-order valence-electron chi connectivity index (χ0n) is 12.4. The van der Waals surface area contributed by atoms with E-state index in [1.165, 1.54) is 0 Å². The Labute approximate surface area is 140 Å². The van der Waals surface area contributed by atoms with Gasteiger partial charge in [-0.2, -0.15) is 0 Å². The molecule has 116 valence electrons. The third-order valence-corrected chi connectivity index (χ3v) is 4.03. The average Bonchev–Trinajstić information content (AvgIpc) is 2.50. The SMILES string of the molecule is Cc1ccccc1CNC(=O)C(C)Oc1ccc(Cl)c(Cl)c1. The third-order valence-electron chi connectivity index (χ3n) is 3.29. The topological polar surface area (TPSA) is 38.3 Å². The van der Waals surface area contributed by atoms with Crippen molar-refractivity contribution in [2.24, 2.45) is 0 Å². The number of aryl methyl sites for hydroxylation is 1. The minimum Gasteiger partial charge on any atom is -0.481 e. The van der Waals surface area contributed by atoms with Crippen LogP contribution in [-0.4, -0.2) is 12.0 Å². The quantitative estimate of drug-likeness (QED) is 0.878. The van der Waals surface area contributed by atoms with Crippen molar-refractivity contribution in [1.82, 2.24) is 5.32 Å². The summed E-state index contributed by atoms with van der Waals surface area (Å²) in [6.07, 6.45) is -0.624. The number of nitrogens with one attached hydrogen (secondary N) is 1. The number of carbonyl (C=O) groups is 1. The van der Waals surface area contributed by atoms with Gasteiger partial charge in [0, 0.05) is 12.6 Å². The Morgan fingerprint density at radius 3 is 2.59 bits per heavy atom. The highest BCUT2D eigenvalue weighted by Gasteiger charge is 2.15. The molecule has 0 aliphatic carbocycles. The fourth-order valence-corrected chi connectivity index (χ4v) is 2.23. The normalized spacial score (nSPS) is 11.8. The van der Waals surface area contributed by atoms with Gasteiger partial charge in [0.05, 0.1) is 10.0 Å². The van der Waals surface area contributed by atoms with Crippen molar-refractivity contribution in [1.29, 1.82) is 0 Å². The van der Waals surface area contributed by atoms with Gasteiger partial charge in [0.15, 0.2) is 6.10 Å². The second-order valence-electron chi connectivity index (χ2n) is 4.98. The molecule has 0 fully saturated rings. The number of hydrogen-bond donors (Lipinski definition) is 1. The molecule has 5 heteroatoms. The van der Waals surface area contributed by atoms with Gasteiger partial charge in [-0.1, -0.05) is 47.5 Å². The lowest BCUT2D eigenvalue weighted by atomic mass is 10.1. The molecule has 0 radical (unpaired) electrons.